The van der Waals surface area contributed by atoms with Crippen molar-refractivity contribution < 1.29 is 39.5 Å². The molecule has 0 bridgehead atoms. The molecule has 164 valence electrons. The van der Waals surface area contributed by atoms with Gasteiger partial charge < -0.3 is 0 Å². The smallest absolute Gasteiger partial charge is 0.166 e. The van der Waals surface area contributed by atoms with E-state index >= 15 is 0 Å². The van der Waals surface area contributed by atoms with E-state index in [1.54, 1.807) is 0 Å². The molecule has 0 aliphatic rings. The summed E-state index contributed by atoms with van der Waals surface area (Å²) in [4.78, 5) is -0.0524. The normalized spacial score (nSPS) is 13.0. The highest BCUT2D eigenvalue weighted by atomic mass is 32.2. The Bertz CT molecular complexity index is 973. The quantitative estimate of drug-likeness (QED) is 0.272. The number of benzene rings is 3. The maximum atomic E-state index is 13.6. The van der Waals surface area contributed by atoms with Crippen molar-refractivity contribution in [1.82, 2.24) is 0 Å². The summed E-state index contributed by atoms with van der Waals surface area (Å²) in [6.45, 7) is 0. The fourth-order valence-electron chi connectivity index (χ4n) is 2.83. The molecule has 0 aromatic heterocycles. The summed E-state index contributed by atoms with van der Waals surface area (Å²) in [6, 6.07) is 11.6. The number of alkyl halides is 9. The lowest BCUT2D eigenvalue weighted by atomic mass is 10.2. The predicted octanol–water partition coefficient (Wildman–Crippen LogP) is 7.84. The second-order valence-electron chi connectivity index (χ2n) is 6.34. The summed E-state index contributed by atoms with van der Waals surface area (Å²) in [6.07, 6.45) is -14.1. The van der Waals surface area contributed by atoms with Crippen molar-refractivity contribution in [3.63, 3.8) is 0 Å². The third-order valence-electron chi connectivity index (χ3n) is 4.25. The van der Waals surface area contributed by atoms with Crippen LogP contribution in [0.4, 0.5) is 39.5 Å². The van der Waals surface area contributed by atoms with Crippen LogP contribution in [0.1, 0.15) is 16.7 Å². The molecule has 0 heterocycles. The highest BCUT2D eigenvalue weighted by Crippen LogP contribution is 2.41. The lowest BCUT2D eigenvalue weighted by molar-refractivity contribution is -0.140. The van der Waals surface area contributed by atoms with E-state index in [2.05, 4.69) is 0 Å². The van der Waals surface area contributed by atoms with Crippen molar-refractivity contribution in [2.45, 2.75) is 33.2 Å². The van der Waals surface area contributed by atoms with Crippen molar-refractivity contribution in [3.05, 3.63) is 89.5 Å². The Hall–Kier alpha value is -2.62. The molecule has 0 spiro atoms. The number of halogens is 9. The number of hydrogen-bond acceptors (Lipinski definition) is 0. The maximum absolute atomic E-state index is 13.6. The van der Waals surface area contributed by atoms with Crippen LogP contribution >= 0.6 is 0 Å². The molecule has 3 aromatic carbocycles. The third kappa shape index (κ3) is 5.17. The molecule has 0 unspecified atom stereocenters. The molecule has 0 aliphatic carbocycles. The summed E-state index contributed by atoms with van der Waals surface area (Å²) in [5.74, 6) is 0. The highest BCUT2D eigenvalue weighted by Gasteiger charge is 2.42. The maximum Gasteiger partial charge on any atom is 0.421 e. The van der Waals surface area contributed by atoms with E-state index in [0.717, 1.165) is 60.7 Å². The van der Waals surface area contributed by atoms with Gasteiger partial charge in [-0.2, -0.15) is 39.5 Å². The third-order valence-corrected chi connectivity index (χ3v) is 6.53. The van der Waals surface area contributed by atoms with Crippen molar-refractivity contribution in [2.75, 3.05) is 0 Å². The minimum atomic E-state index is -4.76. The first kappa shape index (κ1) is 23.1. The Morgan fingerprint density at radius 1 is 0.452 bits per heavy atom. The molecule has 0 saturated heterocycles. The molecule has 0 nitrogen and oxygen atoms in total. The van der Waals surface area contributed by atoms with Crippen molar-refractivity contribution >= 4 is 10.9 Å². The summed E-state index contributed by atoms with van der Waals surface area (Å²) >= 11 is 0. The van der Waals surface area contributed by atoms with Gasteiger partial charge in [-0.15, -0.1) is 0 Å². The molecule has 0 radical (unpaired) electrons. The van der Waals surface area contributed by atoms with Crippen LogP contribution < -0.4 is 0 Å². The number of rotatable bonds is 3. The zero-order valence-electron chi connectivity index (χ0n) is 15.2. The molecule has 3 aromatic rings. The van der Waals surface area contributed by atoms with E-state index in [1.165, 1.54) is 12.1 Å². The van der Waals surface area contributed by atoms with Gasteiger partial charge in [0.15, 0.2) is 14.7 Å². The van der Waals surface area contributed by atoms with Crippen molar-refractivity contribution in [2.24, 2.45) is 0 Å². The zero-order chi connectivity index (χ0) is 23.0. The number of hydrogen-bond donors (Lipinski definition) is 0. The lowest BCUT2D eigenvalue weighted by Gasteiger charge is -2.15. The summed E-state index contributed by atoms with van der Waals surface area (Å²) < 4.78 is 118. The van der Waals surface area contributed by atoms with Gasteiger partial charge in [0.2, 0.25) is 0 Å². The monoisotopic (exact) mass is 467 g/mol. The Kier molecular flexibility index (Phi) is 6.05. The first-order valence-electron chi connectivity index (χ1n) is 8.53. The van der Waals surface area contributed by atoms with Gasteiger partial charge in [0.05, 0.1) is 22.0 Å². The molecule has 31 heavy (non-hydrogen) atoms. The lowest BCUT2D eigenvalue weighted by Crippen LogP contribution is -2.15. The van der Waals surface area contributed by atoms with E-state index in [9.17, 15) is 39.5 Å². The van der Waals surface area contributed by atoms with E-state index in [1.807, 2.05) is 0 Å². The average Bonchev–Trinajstić information content (AvgIpc) is 2.67. The van der Waals surface area contributed by atoms with E-state index in [4.69, 9.17) is 0 Å². The minimum Gasteiger partial charge on any atom is -0.166 e. The average molecular weight is 467 g/mol. The zero-order valence-corrected chi connectivity index (χ0v) is 16.1. The molecule has 0 amide bonds. The fourth-order valence-corrected chi connectivity index (χ4v) is 5.04. The molecule has 0 saturated carbocycles. The van der Waals surface area contributed by atoms with Gasteiger partial charge in [-0.1, -0.05) is 12.1 Å². The van der Waals surface area contributed by atoms with Crippen molar-refractivity contribution in [3.8, 4) is 0 Å². The second-order valence-corrected chi connectivity index (χ2v) is 8.34. The van der Waals surface area contributed by atoms with Crippen molar-refractivity contribution in [1.29, 1.82) is 0 Å². The predicted molar refractivity (Wildman–Crippen MR) is 96.5 cm³/mol. The van der Waals surface area contributed by atoms with Gasteiger partial charge in [0.25, 0.3) is 0 Å². The van der Waals surface area contributed by atoms with E-state index in [0.29, 0.717) is 0 Å². The first-order valence-corrected chi connectivity index (χ1v) is 9.76. The van der Waals surface area contributed by atoms with Gasteiger partial charge in [-0.05, 0) is 60.7 Å². The van der Waals surface area contributed by atoms with Crippen LogP contribution in [0.25, 0.3) is 0 Å². The summed E-state index contributed by atoms with van der Waals surface area (Å²) in [7, 11) is -1.60. The molecule has 0 fully saturated rings. The Balaban J connectivity index is 2.19. The largest absolute Gasteiger partial charge is 0.421 e. The van der Waals surface area contributed by atoms with Crippen LogP contribution in [-0.2, 0) is 29.4 Å². The van der Waals surface area contributed by atoms with Gasteiger partial charge in [-0.3, -0.25) is 0 Å². The summed E-state index contributed by atoms with van der Waals surface area (Å²) in [5.41, 5.74) is -2.99. The molecular weight excluding hydrogens is 455 g/mol. The minimum absolute atomic E-state index is 0.101. The Labute approximate surface area is 173 Å². The van der Waals surface area contributed by atoms with Gasteiger partial charge >= 0.3 is 18.5 Å². The second kappa shape index (κ2) is 8.14. The van der Waals surface area contributed by atoms with Crippen LogP contribution in [0.3, 0.4) is 0 Å². The molecule has 10 heteroatoms. The Morgan fingerprint density at radius 3 is 1.19 bits per heavy atom. The molecule has 0 atom stereocenters. The van der Waals surface area contributed by atoms with Crippen LogP contribution in [0.2, 0.25) is 0 Å². The fraction of sp³-hybridized carbons (Fsp3) is 0.143. The molecular formula is C21H12F9S+. The van der Waals surface area contributed by atoms with E-state index < -0.39 is 46.1 Å². The topological polar surface area (TPSA) is 0 Å². The van der Waals surface area contributed by atoms with E-state index in [-0.39, 0.29) is 14.7 Å². The molecule has 0 N–H and O–H groups in total. The van der Waals surface area contributed by atoms with Crippen LogP contribution in [0.5, 0.6) is 0 Å². The van der Waals surface area contributed by atoms with Crippen LogP contribution in [-0.4, -0.2) is 0 Å². The SMILES string of the molecule is FC(F)(F)c1ccc([S+](c2ccc(C(F)(F)F)cc2)c2ccccc2C(F)(F)F)cc1. The van der Waals surface area contributed by atoms with Gasteiger partial charge in [-0.25, -0.2) is 0 Å². The van der Waals surface area contributed by atoms with Gasteiger partial charge in [0, 0.05) is 0 Å². The highest BCUT2D eigenvalue weighted by molar-refractivity contribution is 7.97. The molecule has 3 rings (SSSR count). The Morgan fingerprint density at radius 2 is 0.839 bits per heavy atom. The summed E-state index contributed by atoms with van der Waals surface area (Å²) in [5, 5.41) is 0. The first-order chi connectivity index (χ1) is 14.3. The van der Waals surface area contributed by atoms with Crippen LogP contribution in [0.15, 0.2) is 87.5 Å². The van der Waals surface area contributed by atoms with Crippen LogP contribution in [0, 0.1) is 0 Å². The van der Waals surface area contributed by atoms with Gasteiger partial charge in [0.1, 0.15) is 5.56 Å². The standard InChI is InChI=1S/C21H12F9S/c22-19(23,24)13-5-9-15(10-6-13)31(16-11-7-14(8-12-16)20(25,26)27)18-4-2-1-3-17(18)21(28,29)30/h1-12H/q+1. The molecule has 0 aliphatic heterocycles.